The average molecular weight is 310 g/mol. The largest absolute Gasteiger partial charge is 0.276 e. The Morgan fingerprint density at radius 1 is 1.14 bits per heavy atom. The number of nitrogens with zero attached hydrogens (tertiary/aromatic N) is 1. The van der Waals surface area contributed by atoms with Crippen molar-refractivity contribution in [3.63, 3.8) is 0 Å². The molecule has 0 amide bonds. The summed E-state index contributed by atoms with van der Waals surface area (Å²) in [5.41, 5.74) is 1.10. The van der Waals surface area contributed by atoms with E-state index in [4.69, 9.17) is 0 Å². The third kappa shape index (κ3) is 5.16. The first-order valence-electron chi connectivity index (χ1n) is 7.36. The second kappa shape index (κ2) is 7.07. The quantitative estimate of drug-likeness (QED) is 0.643. The Morgan fingerprint density at radius 2 is 1.67 bits per heavy atom. The summed E-state index contributed by atoms with van der Waals surface area (Å²) in [6.45, 7) is 10.4. The molecule has 0 spiro atoms. The van der Waals surface area contributed by atoms with Crippen molar-refractivity contribution in [2.24, 2.45) is 11.0 Å². The molecule has 0 aliphatic rings. The molecule has 0 bridgehead atoms. The van der Waals surface area contributed by atoms with E-state index in [-0.39, 0.29) is 10.3 Å². The molecule has 118 valence electrons. The van der Waals surface area contributed by atoms with Gasteiger partial charge in [-0.3, -0.25) is 0 Å². The molecule has 5 heteroatoms. The summed E-state index contributed by atoms with van der Waals surface area (Å²) in [6.07, 6.45) is 3.56. The molecule has 1 rings (SSSR count). The Bertz CT molecular complexity index is 565. The van der Waals surface area contributed by atoms with Crippen molar-refractivity contribution in [3.05, 3.63) is 29.8 Å². The number of hydrogen-bond donors (Lipinski definition) is 1. The van der Waals surface area contributed by atoms with E-state index in [1.165, 1.54) is 0 Å². The molecule has 0 fully saturated rings. The van der Waals surface area contributed by atoms with E-state index < -0.39 is 10.0 Å². The molecule has 0 unspecified atom stereocenters. The maximum Gasteiger partial charge on any atom is 0.276 e. The van der Waals surface area contributed by atoms with E-state index in [1.54, 1.807) is 18.3 Å². The summed E-state index contributed by atoms with van der Waals surface area (Å²) in [5, 5.41) is 3.87. The molecule has 0 saturated carbocycles. The molecule has 4 nitrogen and oxygen atoms in total. The minimum absolute atomic E-state index is 0.00332. The molecule has 1 aromatic carbocycles. The van der Waals surface area contributed by atoms with E-state index in [0.717, 1.165) is 18.4 Å². The average Bonchev–Trinajstić information content (AvgIpc) is 2.43. The van der Waals surface area contributed by atoms with Crippen molar-refractivity contribution in [1.29, 1.82) is 0 Å². The lowest BCUT2D eigenvalue weighted by Crippen LogP contribution is -2.19. The second-order valence-corrected chi connectivity index (χ2v) is 7.88. The van der Waals surface area contributed by atoms with Gasteiger partial charge in [-0.15, -0.1) is 0 Å². The number of hydrazone groups is 1. The van der Waals surface area contributed by atoms with E-state index in [0.29, 0.717) is 5.92 Å². The summed E-state index contributed by atoms with van der Waals surface area (Å²) in [7, 11) is -3.58. The molecule has 21 heavy (non-hydrogen) atoms. The number of rotatable bonds is 6. The Kier molecular flexibility index (Phi) is 5.96. The fraction of sp³-hybridized carbons (Fsp3) is 0.562. The highest BCUT2D eigenvalue weighted by atomic mass is 32.2. The monoisotopic (exact) mass is 310 g/mol. The first-order valence-corrected chi connectivity index (χ1v) is 8.84. The molecule has 0 aromatic heterocycles. The number of hydrogen-bond acceptors (Lipinski definition) is 3. The van der Waals surface area contributed by atoms with Crippen molar-refractivity contribution in [2.75, 3.05) is 0 Å². The predicted molar refractivity (Wildman–Crippen MR) is 88.0 cm³/mol. The summed E-state index contributed by atoms with van der Waals surface area (Å²) in [5.74, 6) is 0.302. The maximum absolute atomic E-state index is 12.1. The van der Waals surface area contributed by atoms with Gasteiger partial charge >= 0.3 is 0 Å². The summed E-state index contributed by atoms with van der Waals surface area (Å²) in [6, 6.07) is 6.93. The molecule has 0 atom stereocenters. The van der Waals surface area contributed by atoms with Gasteiger partial charge in [-0.05, 0) is 41.9 Å². The Hall–Kier alpha value is -1.36. The van der Waals surface area contributed by atoms with Crippen LogP contribution >= 0.6 is 0 Å². The lowest BCUT2D eigenvalue weighted by atomic mass is 9.87. The highest BCUT2D eigenvalue weighted by Crippen LogP contribution is 2.23. The Morgan fingerprint density at radius 3 is 2.10 bits per heavy atom. The van der Waals surface area contributed by atoms with Crippen LogP contribution in [0.5, 0.6) is 0 Å². The number of nitrogens with one attached hydrogen (secondary N) is 1. The van der Waals surface area contributed by atoms with Crippen LogP contribution in [-0.2, 0) is 15.4 Å². The zero-order valence-corrected chi connectivity index (χ0v) is 14.4. The van der Waals surface area contributed by atoms with Crippen LogP contribution in [0.4, 0.5) is 0 Å². The van der Waals surface area contributed by atoms with Crippen molar-refractivity contribution < 1.29 is 8.42 Å². The smallest absolute Gasteiger partial charge is 0.200 e. The van der Waals surface area contributed by atoms with E-state index in [2.05, 4.69) is 44.6 Å². The zero-order chi connectivity index (χ0) is 16.1. The van der Waals surface area contributed by atoms with Gasteiger partial charge in [0, 0.05) is 6.21 Å². The van der Waals surface area contributed by atoms with Crippen LogP contribution in [0.15, 0.2) is 34.3 Å². The third-order valence-electron chi connectivity index (χ3n) is 3.54. The van der Waals surface area contributed by atoms with Gasteiger partial charge in [0.25, 0.3) is 10.0 Å². The Balaban J connectivity index is 2.84. The summed E-state index contributed by atoms with van der Waals surface area (Å²) < 4.78 is 24.3. The van der Waals surface area contributed by atoms with Crippen LogP contribution in [-0.4, -0.2) is 14.6 Å². The molecule has 0 saturated heterocycles. The molecule has 0 aliphatic carbocycles. The minimum atomic E-state index is -3.58. The fourth-order valence-corrected chi connectivity index (χ4v) is 2.69. The van der Waals surface area contributed by atoms with Gasteiger partial charge in [0.15, 0.2) is 0 Å². The topological polar surface area (TPSA) is 58.5 Å². The van der Waals surface area contributed by atoms with E-state index >= 15 is 0 Å². The normalized spacial score (nSPS) is 13.0. The van der Waals surface area contributed by atoms with Gasteiger partial charge in [-0.25, -0.2) is 4.83 Å². The van der Waals surface area contributed by atoms with Crippen molar-refractivity contribution in [3.8, 4) is 0 Å². The van der Waals surface area contributed by atoms with Gasteiger partial charge in [0.1, 0.15) is 0 Å². The van der Waals surface area contributed by atoms with Crippen molar-refractivity contribution in [2.45, 2.75) is 57.8 Å². The highest BCUT2D eigenvalue weighted by Gasteiger charge is 2.17. The van der Waals surface area contributed by atoms with E-state index in [9.17, 15) is 8.42 Å². The Labute approximate surface area is 128 Å². The van der Waals surface area contributed by atoms with Crippen LogP contribution in [0.2, 0.25) is 0 Å². The maximum atomic E-state index is 12.1. The SMILES string of the molecule is CCC(C=NNS(=O)(=O)c1ccc(C(C)(C)C)cc1)CC. The zero-order valence-electron chi connectivity index (χ0n) is 13.6. The molecule has 1 N–H and O–H groups in total. The van der Waals surface area contributed by atoms with Gasteiger partial charge in [0.05, 0.1) is 4.90 Å². The van der Waals surface area contributed by atoms with Gasteiger partial charge in [0.2, 0.25) is 0 Å². The molecule has 0 aliphatic heterocycles. The van der Waals surface area contributed by atoms with Gasteiger partial charge in [-0.1, -0.05) is 46.8 Å². The van der Waals surface area contributed by atoms with Crippen LogP contribution in [0.25, 0.3) is 0 Å². The number of sulfonamides is 1. The van der Waals surface area contributed by atoms with Crippen LogP contribution in [0, 0.1) is 5.92 Å². The first-order chi connectivity index (χ1) is 9.70. The molecular weight excluding hydrogens is 284 g/mol. The highest BCUT2D eigenvalue weighted by molar-refractivity contribution is 7.89. The summed E-state index contributed by atoms with van der Waals surface area (Å²) in [4.78, 5) is 2.51. The van der Waals surface area contributed by atoms with Crippen molar-refractivity contribution in [1.82, 2.24) is 4.83 Å². The molecule has 0 radical (unpaired) electrons. The van der Waals surface area contributed by atoms with Crippen molar-refractivity contribution >= 4 is 16.2 Å². The number of benzene rings is 1. The molecule has 0 heterocycles. The van der Waals surface area contributed by atoms with Gasteiger partial charge in [-0.2, -0.15) is 13.5 Å². The lowest BCUT2D eigenvalue weighted by Gasteiger charge is -2.19. The van der Waals surface area contributed by atoms with Crippen LogP contribution in [0.3, 0.4) is 0 Å². The first kappa shape index (κ1) is 17.7. The van der Waals surface area contributed by atoms with Crippen LogP contribution < -0.4 is 4.83 Å². The molecule has 1 aromatic rings. The predicted octanol–water partition coefficient (Wildman–Crippen LogP) is 3.68. The fourth-order valence-electron chi connectivity index (χ4n) is 1.89. The summed E-state index contributed by atoms with van der Waals surface area (Å²) >= 11 is 0. The molecular formula is C16H26N2O2S. The van der Waals surface area contributed by atoms with Crippen LogP contribution in [0.1, 0.15) is 53.0 Å². The van der Waals surface area contributed by atoms with E-state index in [1.807, 2.05) is 12.1 Å². The lowest BCUT2D eigenvalue weighted by molar-refractivity contribution is 0.579. The standard InChI is InChI=1S/C16H26N2O2S/c1-6-13(7-2)12-17-18-21(19,20)15-10-8-14(9-11-15)16(3,4)5/h8-13,18H,6-7H2,1-5H3. The third-order valence-corrected chi connectivity index (χ3v) is 4.78. The second-order valence-electron chi connectivity index (χ2n) is 6.22. The minimum Gasteiger partial charge on any atom is -0.200 e. The van der Waals surface area contributed by atoms with Gasteiger partial charge < -0.3 is 0 Å².